The fraction of sp³-hybridized carbons (Fsp3) is 0.571. The number of aryl methyl sites for hydroxylation is 2. The highest BCUT2D eigenvalue weighted by Crippen LogP contribution is 2.26. The molecule has 2 N–H and O–H groups in total. The average Bonchev–Trinajstić information content (AvgIpc) is 2.19. The lowest BCUT2D eigenvalue weighted by atomic mass is 9.96. The molecule has 0 aliphatic heterocycles. The third-order valence-electron chi connectivity index (χ3n) is 3.38. The summed E-state index contributed by atoms with van der Waals surface area (Å²) in [6.07, 6.45) is 1.88. The van der Waals surface area contributed by atoms with Crippen LogP contribution >= 0.6 is 0 Å². The van der Waals surface area contributed by atoms with Crippen LogP contribution in [-0.4, -0.2) is 34.0 Å². The number of primary sulfonamides is 1. The molecule has 0 atom stereocenters. The molecule has 0 unspecified atom stereocenters. The summed E-state index contributed by atoms with van der Waals surface area (Å²) in [4.78, 5) is 2.41. The van der Waals surface area contributed by atoms with Gasteiger partial charge in [0.15, 0.2) is 0 Å². The zero-order chi connectivity index (χ0) is 14.8. The van der Waals surface area contributed by atoms with Gasteiger partial charge in [0, 0.05) is 0 Å². The van der Waals surface area contributed by atoms with E-state index < -0.39 is 10.0 Å². The Labute approximate surface area is 116 Å². The predicted molar refractivity (Wildman–Crippen MR) is 78.9 cm³/mol. The summed E-state index contributed by atoms with van der Waals surface area (Å²) in [5.41, 5.74) is 3.78. The first-order valence-electron chi connectivity index (χ1n) is 6.41. The monoisotopic (exact) mass is 284 g/mol. The van der Waals surface area contributed by atoms with Gasteiger partial charge in [0.1, 0.15) is 0 Å². The molecule has 0 radical (unpaired) electrons. The first-order chi connectivity index (χ1) is 8.64. The van der Waals surface area contributed by atoms with E-state index in [-0.39, 0.29) is 4.90 Å². The van der Waals surface area contributed by atoms with Gasteiger partial charge in [-0.3, -0.25) is 0 Å². The van der Waals surface area contributed by atoms with Crippen molar-refractivity contribution in [3.8, 4) is 0 Å². The first kappa shape index (κ1) is 16.1. The quantitative estimate of drug-likeness (QED) is 0.896. The molecule has 4 nitrogen and oxygen atoms in total. The van der Waals surface area contributed by atoms with Gasteiger partial charge >= 0.3 is 0 Å². The average molecular weight is 284 g/mol. The summed E-state index contributed by atoms with van der Waals surface area (Å²) < 4.78 is 23.4. The van der Waals surface area contributed by atoms with Gasteiger partial charge in [-0.25, -0.2) is 13.6 Å². The van der Waals surface area contributed by atoms with Gasteiger partial charge in [-0.1, -0.05) is 6.07 Å². The van der Waals surface area contributed by atoms with E-state index in [1.54, 1.807) is 6.92 Å². The Bertz CT molecular complexity index is 563. The van der Waals surface area contributed by atoms with Gasteiger partial charge in [-0.05, 0) is 76.5 Å². The smallest absolute Gasteiger partial charge is 0.238 e. The van der Waals surface area contributed by atoms with Crippen molar-refractivity contribution in [1.82, 2.24) is 4.90 Å². The minimum atomic E-state index is -3.66. The standard InChI is InChI=1S/C14H24N2O2S/c1-10-9-11(2)14(19(15,17)18)12(3)13(10)7-6-8-16(4)5/h9H,6-8H2,1-5H3,(H2,15,17,18). The van der Waals surface area contributed by atoms with Crippen LogP contribution in [0.2, 0.25) is 0 Å². The molecule has 0 aromatic heterocycles. The third kappa shape index (κ3) is 4.03. The number of rotatable bonds is 5. The molecular formula is C14H24N2O2S. The summed E-state index contributed by atoms with van der Waals surface area (Å²) >= 11 is 0. The Balaban J connectivity index is 3.19. The maximum absolute atomic E-state index is 11.7. The van der Waals surface area contributed by atoms with E-state index in [2.05, 4.69) is 4.90 Å². The van der Waals surface area contributed by atoms with E-state index in [1.165, 1.54) is 0 Å². The van der Waals surface area contributed by atoms with E-state index in [9.17, 15) is 8.42 Å². The van der Waals surface area contributed by atoms with Crippen molar-refractivity contribution in [3.05, 3.63) is 28.3 Å². The lowest BCUT2D eigenvalue weighted by Gasteiger charge is -2.17. The van der Waals surface area contributed by atoms with Crippen LogP contribution in [0.1, 0.15) is 28.7 Å². The number of sulfonamides is 1. The second-order valence-corrected chi connectivity index (χ2v) is 6.89. The Morgan fingerprint density at radius 1 is 1.16 bits per heavy atom. The number of nitrogens with zero attached hydrogens (tertiary/aromatic N) is 1. The van der Waals surface area contributed by atoms with Gasteiger partial charge < -0.3 is 4.90 Å². The van der Waals surface area contributed by atoms with Crippen LogP contribution in [0.5, 0.6) is 0 Å². The number of hydrogen-bond acceptors (Lipinski definition) is 3. The number of benzene rings is 1. The van der Waals surface area contributed by atoms with Gasteiger partial charge in [0.05, 0.1) is 4.90 Å². The maximum atomic E-state index is 11.7. The molecule has 108 valence electrons. The molecule has 19 heavy (non-hydrogen) atoms. The topological polar surface area (TPSA) is 63.4 Å². The second-order valence-electron chi connectivity index (χ2n) is 5.39. The molecule has 1 aromatic rings. The molecule has 0 fully saturated rings. The second kappa shape index (κ2) is 6.03. The SMILES string of the molecule is Cc1cc(C)c(S(N)(=O)=O)c(C)c1CCCN(C)C. The van der Waals surface area contributed by atoms with Crippen LogP contribution in [0, 0.1) is 20.8 Å². The Hall–Kier alpha value is -0.910. The van der Waals surface area contributed by atoms with Gasteiger partial charge in [0.2, 0.25) is 10.0 Å². The molecule has 0 aliphatic rings. The lowest BCUT2D eigenvalue weighted by molar-refractivity contribution is 0.400. The third-order valence-corrected chi connectivity index (χ3v) is 4.57. The Morgan fingerprint density at radius 3 is 2.21 bits per heavy atom. The number of hydrogen-bond donors (Lipinski definition) is 1. The van der Waals surface area contributed by atoms with Crippen molar-refractivity contribution in [2.24, 2.45) is 5.14 Å². The largest absolute Gasteiger partial charge is 0.309 e. The summed E-state index contributed by atoms with van der Waals surface area (Å²) in [5, 5.41) is 5.32. The van der Waals surface area contributed by atoms with Crippen molar-refractivity contribution >= 4 is 10.0 Å². The van der Waals surface area contributed by atoms with Crippen molar-refractivity contribution in [2.75, 3.05) is 20.6 Å². The zero-order valence-electron chi connectivity index (χ0n) is 12.4. The normalized spacial score (nSPS) is 12.2. The molecular weight excluding hydrogens is 260 g/mol. The van der Waals surface area contributed by atoms with Crippen molar-refractivity contribution in [3.63, 3.8) is 0 Å². The maximum Gasteiger partial charge on any atom is 0.238 e. The first-order valence-corrected chi connectivity index (χ1v) is 7.96. The predicted octanol–water partition coefficient (Wildman–Crippen LogP) is 1.75. The summed E-state index contributed by atoms with van der Waals surface area (Å²) in [6, 6.07) is 1.91. The minimum absolute atomic E-state index is 0.290. The van der Waals surface area contributed by atoms with E-state index in [1.807, 2.05) is 34.0 Å². The van der Waals surface area contributed by atoms with Crippen molar-refractivity contribution in [1.29, 1.82) is 0 Å². The van der Waals surface area contributed by atoms with Crippen LogP contribution < -0.4 is 5.14 Å². The summed E-state index contributed by atoms with van der Waals surface area (Å²) in [6.45, 7) is 6.66. The zero-order valence-corrected chi connectivity index (χ0v) is 13.3. The molecule has 0 amide bonds. The minimum Gasteiger partial charge on any atom is -0.309 e. The fourth-order valence-electron chi connectivity index (χ4n) is 2.60. The van der Waals surface area contributed by atoms with E-state index >= 15 is 0 Å². The van der Waals surface area contributed by atoms with Crippen LogP contribution in [0.15, 0.2) is 11.0 Å². The molecule has 1 aromatic carbocycles. The van der Waals surface area contributed by atoms with E-state index in [0.29, 0.717) is 0 Å². The highest BCUT2D eigenvalue weighted by Gasteiger charge is 2.18. The van der Waals surface area contributed by atoms with Crippen LogP contribution in [-0.2, 0) is 16.4 Å². The molecule has 1 rings (SSSR count). The molecule has 0 bridgehead atoms. The van der Waals surface area contributed by atoms with Gasteiger partial charge in [-0.2, -0.15) is 0 Å². The Kier molecular flexibility index (Phi) is 5.12. The van der Waals surface area contributed by atoms with Crippen LogP contribution in [0.4, 0.5) is 0 Å². The summed E-state index contributed by atoms with van der Waals surface area (Å²) in [5.74, 6) is 0. The van der Waals surface area contributed by atoms with Crippen LogP contribution in [0.25, 0.3) is 0 Å². The summed E-state index contributed by atoms with van der Waals surface area (Å²) in [7, 11) is 0.410. The molecule has 0 spiro atoms. The highest BCUT2D eigenvalue weighted by molar-refractivity contribution is 7.89. The Morgan fingerprint density at radius 2 is 1.74 bits per heavy atom. The van der Waals surface area contributed by atoms with Gasteiger partial charge in [-0.15, -0.1) is 0 Å². The molecule has 0 saturated carbocycles. The van der Waals surface area contributed by atoms with Crippen molar-refractivity contribution in [2.45, 2.75) is 38.5 Å². The molecule has 0 aliphatic carbocycles. The highest BCUT2D eigenvalue weighted by atomic mass is 32.2. The van der Waals surface area contributed by atoms with Crippen LogP contribution in [0.3, 0.4) is 0 Å². The van der Waals surface area contributed by atoms with Gasteiger partial charge in [0.25, 0.3) is 0 Å². The molecule has 5 heteroatoms. The molecule has 0 heterocycles. The lowest BCUT2D eigenvalue weighted by Crippen LogP contribution is -2.18. The van der Waals surface area contributed by atoms with E-state index in [0.717, 1.165) is 41.6 Å². The van der Waals surface area contributed by atoms with E-state index in [4.69, 9.17) is 5.14 Å². The number of nitrogens with two attached hydrogens (primary N) is 1. The fourth-order valence-corrected chi connectivity index (χ4v) is 3.66. The van der Waals surface area contributed by atoms with Crippen molar-refractivity contribution < 1.29 is 8.42 Å². The molecule has 0 saturated heterocycles.